The minimum atomic E-state index is -2.58. The summed E-state index contributed by atoms with van der Waals surface area (Å²) in [5.41, 5.74) is 3.14. The van der Waals surface area contributed by atoms with Gasteiger partial charge in [-0.15, -0.1) is 0 Å². The second-order valence-corrected chi connectivity index (χ2v) is 36.3. The van der Waals surface area contributed by atoms with Gasteiger partial charge in [0.1, 0.15) is 23.4 Å². The van der Waals surface area contributed by atoms with Crippen molar-refractivity contribution in [2.75, 3.05) is 6.61 Å². The zero-order valence-electron chi connectivity index (χ0n) is 44.0. The zero-order valence-corrected chi connectivity index (χ0v) is 48.0. The summed E-state index contributed by atoms with van der Waals surface area (Å²) >= 11 is 0. The molecule has 0 radical (unpaired) electrons. The van der Waals surface area contributed by atoms with E-state index in [0.717, 1.165) is 73.6 Å². The van der Waals surface area contributed by atoms with Gasteiger partial charge in [-0.05, 0) is 215 Å². The number of carbonyl (C=O) groups is 1. The van der Waals surface area contributed by atoms with E-state index in [-0.39, 0.29) is 47.1 Å². The second-order valence-electron chi connectivity index (χ2n) is 21.9. The van der Waals surface area contributed by atoms with Gasteiger partial charge in [0.25, 0.3) is 0 Å². The Morgan fingerprint density at radius 3 is 1.69 bits per heavy atom. The van der Waals surface area contributed by atoms with Gasteiger partial charge in [0.2, 0.25) is 0 Å². The van der Waals surface area contributed by atoms with Crippen LogP contribution in [0.1, 0.15) is 147 Å². The second kappa shape index (κ2) is 24.5. The van der Waals surface area contributed by atoms with E-state index >= 15 is 0 Å². The molecule has 6 unspecified atom stereocenters. The summed E-state index contributed by atoms with van der Waals surface area (Å²) in [7, 11) is -9.81. The maximum Gasteiger partial charge on any atom is 0.317 e. The van der Waals surface area contributed by atoms with Gasteiger partial charge in [-0.25, -0.2) is 0 Å². The third-order valence-electron chi connectivity index (χ3n) is 12.8. The molecule has 1 saturated heterocycles. The highest BCUT2D eigenvalue weighted by molar-refractivity contribution is 6.93. The predicted molar refractivity (Wildman–Crippen MR) is 280 cm³/mol. The Hall–Kier alpha value is -2.84. The van der Waals surface area contributed by atoms with Crippen LogP contribution >= 0.6 is 0 Å². The van der Waals surface area contributed by atoms with Crippen molar-refractivity contribution in [1.82, 2.24) is 0 Å². The molecule has 3 aromatic rings. The molecule has 15 heteroatoms. The molecule has 68 heavy (non-hydrogen) atoms. The molecular weight excluding hydrogens is 925 g/mol. The van der Waals surface area contributed by atoms with Crippen LogP contribution in [-0.2, 0) is 35.5 Å². The van der Waals surface area contributed by atoms with E-state index in [2.05, 4.69) is 83.9 Å². The topological polar surface area (TPSA) is 120 Å². The summed E-state index contributed by atoms with van der Waals surface area (Å²) in [6.45, 7) is 29.5. The molecular formula is C53H86O11Si4. The number of hydrogen-bond donors (Lipinski definition) is 1. The monoisotopic (exact) mass is 1010 g/mol. The lowest BCUT2D eigenvalue weighted by molar-refractivity contribution is -0.156. The van der Waals surface area contributed by atoms with Gasteiger partial charge in [0.05, 0.1) is 18.1 Å². The first-order valence-electron chi connectivity index (χ1n) is 25.4. The fourth-order valence-electron chi connectivity index (χ4n) is 10.3. The average molecular weight is 1010 g/mol. The van der Waals surface area contributed by atoms with Gasteiger partial charge in [-0.2, -0.15) is 0 Å². The summed E-state index contributed by atoms with van der Waals surface area (Å²) in [5, 5.41) is 10.0. The number of rotatable bonds is 22. The van der Waals surface area contributed by atoms with Crippen LogP contribution in [0.4, 0.5) is 0 Å². The molecule has 3 aromatic carbocycles. The van der Waals surface area contributed by atoms with Crippen molar-refractivity contribution >= 4 is 40.2 Å². The minimum absolute atomic E-state index is 0.0273. The molecule has 1 N–H and O–H groups in total. The third-order valence-corrected chi connectivity index (χ3v) is 29.3. The number of ether oxygens (including phenoxy) is 5. The van der Waals surface area contributed by atoms with Crippen LogP contribution in [0.3, 0.4) is 0 Å². The number of carbonyl (C=O) groups excluding carboxylic acids is 1. The summed E-state index contributed by atoms with van der Waals surface area (Å²) in [6, 6.07) is 24.9. The molecule has 6 atom stereocenters. The number of hydrogen-bond acceptors (Lipinski definition) is 11. The average Bonchev–Trinajstić information content (AvgIpc) is 3.22. The molecule has 0 aromatic heterocycles. The smallest absolute Gasteiger partial charge is 0.317 e. The van der Waals surface area contributed by atoms with Crippen LogP contribution in [0.25, 0.3) is 0 Å². The van der Waals surface area contributed by atoms with Crippen molar-refractivity contribution in [1.29, 1.82) is 0 Å². The maximum atomic E-state index is 14.4. The van der Waals surface area contributed by atoms with Crippen molar-refractivity contribution < 1.29 is 50.0 Å². The number of aromatic hydroxyl groups is 1. The lowest BCUT2D eigenvalue weighted by Crippen LogP contribution is -2.65. The van der Waals surface area contributed by atoms with Gasteiger partial charge in [0, 0.05) is 0 Å². The van der Waals surface area contributed by atoms with Gasteiger partial charge in [0.15, 0.2) is 12.6 Å². The third kappa shape index (κ3) is 18.7. The molecule has 1 heterocycles. The lowest BCUT2D eigenvalue weighted by Gasteiger charge is -2.47. The lowest BCUT2D eigenvalue weighted by atomic mass is 9.77. The maximum absolute atomic E-state index is 14.4. The van der Waals surface area contributed by atoms with Crippen molar-refractivity contribution in [2.45, 2.75) is 207 Å². The van der Waals surface area contributed by atoms with E-state index < -0.39 is 46.8 Å². The molecule has 11 nitrogen and oxygen atoms in total. The standard InChI is InChI=1S/C53H86O11Si4/c1-15-42(44-24-30-50(31-25-44)57-40(3)56-34-19-35-68(14)63-66(10,11)61-65(8,9)62-67(12,13)64-68)37-46(45-26-32-51(33-27-45)58-41(4)60-53(5,6)7)38-47(52(55)59-49-20-17-16-18-21-49)36-39(2)43-22-28-48(54)29-23-43/h22-33,39-42,46-47,49,54H,15-21,34-38H2,1-14H3. The van der Waals surface area contributed by atoms with Crippen LogP contribution in [-0.4, -0.2) is 76.2 Å². The molecule has 2 aliphatic rings. The quantitative estimate of drug-likeness (QED) is 0.0448. The van der Waals surface area contributed by atoms with E-state index in [1.54, 1.807) is 12.1 Å². The first-order valence-corrected chi connectivity index (χ1v) is 36.4. The Kier molecular flexibility index (Phi) is 20.2. The molecule has 0 amide bonds. The van der Waals surface area contributed by atoms with E-state index in [0.29, 0.717) is 19.4 Å². The Labute approximate surface area is 414 Å². The first-order chi connectivity index (χ1) is 31.8. The van der Waals surface area contributed by atoms with Crippen LogP contribution in [0, 0.1) is 5.92 Å². The van der Waals surface area contributed by atoms with Crippen molar-refractivity contribution in [3.8, 4) is 17.2 Å². The molecule has 1 saturated carbocycles. The van der Waals surface area contributed by atoms with Gasteiger partial charge in [-0.1, -0.05) is 56.7 Å². The molecule has 0 bridgehead atoms. The van der Waals surface area contributed by atoms with Crippen LogP contribution in [0.5, 0.6) is 17.2 Å². The van der Waals surface area contributed by atoms with Gasteiger partial charge >= 0.3 is 40.2 Å². The summed E-state index contributed by atoms with van der Waals surface area (Å²) in [6.07, 6.45) is 8.17. The van der Waals surface area contributed by atoms with Crippen molar-refractivity contribution in [3.63, 3.8) is 0 Å². The van der Waals surface area contributed by atoms with E-state index in [1.165, 1.54) is 12.0 Å². The molecule has 380 valence electrons. The minimum Gasteiger partial charge on any atom is -0.508 e. The highest BCUT2D eigenvalue weighted by Gasteiger charge is 2.52. The zero-order chi connectivity index (χ0) is 49.9. The van der Waals surface area contributed by atoms with Crippen LogP contribution in [0.15, 0.2) is 72.8 Å². The summed E-state index contributed by atoms with van der Waals surface area (Å²) in [4.78, 5) is 14.4. The number of phenols is 1. The molecule has 0 spiro atoms. The fraction of sp³-hybridized carbons (Fsp3) is 0.642. The van der Waals surface area contributed by atoms with E-state index in [4.69, 9.17) is 40.1 Å². The number of phenolic OH excluding ortho intramolecular Hbond substituents is 1. The van der Waals surface area contributed by atoms with Crippen LogP contribution in [0.2, 0.25) is 51.9 Å². The van der Waals surface area contributed by atoms with Crippen molar-refractivity contribution in [3.05, 3.63) is 89.5 Å². The predicted octanol–water partition coefficient (Wildman–Crippen LogP) is 14.1. The molecule has 1 aliphatic carbocycles. The normalized spacial score (nSPS) is 21.0. The van der Waals surface area contributed by atoms with E-state index in [1.807, 2.05) is 71.0 Å². The summed E-state index contributed by atoms with van der Waals surface area (Å²) in [5.74, 6) is 1.65. The fourth-order valence-corrected chi connectivity index (χ4v) is 31.9. The Morgan fingerprint density at radius 1 is 0.662 bits per heavy atom. The molecule has 5 rings (SSSR count). The first kappa shape index (κ1) is 56.1. The summed E-state index contributed by atoms with van der Waals surface area (Å²) < 4.78 is 57.6. The Bertz CT molecular complexity index is 1960. The van der Waals surface area contributed by atoms with E-state index in [9.17, 15) is 9.90 Å². The van der Waals surface area contributed by atoms with Crippen molar-refractivity contribution in [2.24, 2.45) is 5.92 Å². The SMILES string of the molecule is CCC(CC(CC(CC(C)c1ccc(O)cc1)C(=O)OC1CCCCC1)c1ccc(OC(C)OC(C)(C)C)cc1)c1ccc(OC(C)OCCC[Si]2(C)O[Si](C)(C)O[Si](C)(C)O[Si](C)(C)O2)cc1. The van der Waals surface area contributed by atoms with Gasteiger partial charge in [-0.3, -0.25) is 4.79 Å². The Balaban J connectivity index is 1.29. The van der Waals surface area contributed by atoms with Crippen LogP contribution < -0.4 is 9.47 Å². The Morgan fingerprint density at radius 2 is 1.16 bits per heavy atom. The molecule has 1 aliphatic heterocycles. The van der Waals surface area contributed by atoms with Gasteiger partial charge < -0.3 is 45.3 Å². The highest BCUT2D eigenvalue weighted by Crippen LogP contribution is 2.41. The largest absolute Gasteiger partial charge is 0.508 e. The number of esters is 1. The highest BCUT2D eigenvalue weighted by atomic mass is 28.5. The number of benzene rings is 3. The molecule has 2 fully saturated rings.